The number of likely N-dealkylation sites (tertiary alicyclic amines) is 1. The molecule has 1 saturated heterocycles. The van der Waals surface area contributed by atoms with Gasteiger partial charge in [0.1, 0.15) is 0 Å². The lowest BCUT2D eigenvalue weighted by atomic mass is 9.88. The van der Waals surface area contributed by atoms with E-state index in [1.807, 2.05) is 7.05 Å². The monoisotopic (exact) mass is 300 g/mol. The van der Waals surface area contributed by atoms with Gasteiger partial charge in [-0.2, -0.15) is 13.2 Å². The third-order valence-corrected chi connectivity index (χ3v) is 3.96. The van der Waals surface area contributed by atoms with Crippen molar-refractivity contribution in [2.24, 2.45) is 5.92 Å². The second-order valence-electron chi connectivity index (χ2n) is 6.21. The minimum absolute atomic E-state index is 0.0826. The Morgan fingerprint density at radius 3 is 2.48 bits per heavy atom. The first kappa shape index (κ1) is 16.3. The quantitative estimate of drug-likeness (QED) is 0.919. The molecular formula is C16H23F3N2. The number of hydrogen-bond acceptors (Lipinski definition) is 2. The molecule has 1 aromatic carbocycles. The van der Waals surface area contributed by atoms with Gasteiger partial charge in [-0.15, -0.1) is 0 Å². The topological polar surface area (TPSA) is 15.3 Å². The summed E-state index contributed by atoms with van der Waals surface area (Å²) in [5.41, 5.74) is 2.49. The van der Waals surface area contributed by atoms with Crippen LogP contribution in [0.4, 0.5) is 13.2 Å². The number of likely N-dealkylation sites (N-methyl/N-ethyl adjacent to an activating group) is 1. The fraction of sp³-hybridized carbons (Fsp3) is 0.625. The molecule has 0 bridgehead atoms. The maximum Gasteiger partial charge on any atom is 0.401 e. The number of piperidine rings is 1. The highest BCUT2D eigenvalue weighted by molar-refractivity contribution is 5.21. The molecule has 21 heavy (non-hydrogen) atoms. The summed E-state index contributed by atoms with van der Waals surface area (Å²) < 4.78 is 36.9. The lowest BCUT2D eigenvalue weighted by Crippen LogP contribution is -2.50. The Morgan fingerprint density at radius 2 is 1.86 bits per heavy atom. The third kappa shape index (κ3) is 5.67. The van der Waals surface area contributed by atoms with E-state index in [1.165, 1.54) is 11.1 Å². The van der Waals surface area contributed by atoms with E-state index in [0.29, 0.717) is 12.5 Å². The lowest BCUT2D eigenvalue weighted by molar-refractivity contribution is -0.127. The van der Waals surface area contributed by atoms with Crippen molar-refractivity contribution < 1.29 is 13.2 Å². The summed E-state index contributed by atoms with van der Waals surface area (Å²) in [5, 5.41) is 2.65. The molecule has 0 amide bonds. The van der Waals surface area contributed by atoms with E-state index in [2.05, 4.69) is 41.4 Å². The zero-order valence-electron chi connectivity index (χ0n) is 12.6. The average molecular weight is 300 g/mol. The molecule has 1 heterocycles. The molecule has 0 radical (unpaired) electrons. The fourth-order valence-electron chi connectivity index (χ4n) is 3.06. The van der Waals surface area contributed by atoms with Gasteiger partial charge in [-0.25, -0.2) is 0 Å². The van der Waals surface area contributed by atoms with Gasteiger partial charge in [-0.05, 0) is 38.3 Å². The van der Waals surface area contributed by atoms with Crippen molar-refractivity contribution in [3.63, 3.8) is 0 Å². The first-order valence-electron chi connectivity index (χ1n) is 7.36. The zero-order chi connectivity index (χ0) is 15.5. The van der Waals surface area contributed by atoms with Crippen LogP contribution in [0.25, 0.3) is 0 Å². The Kier molecular flexibility index (Phi) is 5.27. The number of rotatable bonds is 4. The number of hydrogen-bond donors (Lipinski definition) is 1. The molecule has 118 valence electrons. The van der Waals surface area contributed by atoms with Crippen LogP contribution in [0.1, 0.15) is 17.5 Å². The molecule has 0 aromatic heterocycles. The predicted octanol–water partition coefficient (Wildman–Crippen LogP) is 3.01. The molecule has 0 spiro atoms. The Bertz CT molecular complexity index is 442. The van der Waals surface area contributed by atoms with Crippen molar-refractivity contribution in [2.45, 2.75) is 32.0 Å². The van der Waals surface area contributed by atoms with Crippen LogP contribution in [-0.4, -0.2) is 43.8 Å². The van der Waals surface area contributed by atoms with Crippen LogP contribution in [0.2, 0.25) is 0 Å². The van der Waals surface area contributed by atoms with Gasteiger partial charge in [-0.1, -0.05) is 29.8 Å². The molecule has 5 heteroatoms. The molecule has 1 aromatic rings. The smallest absolute Gasteiger partial charge is 0.305 e. The minimum Gasteiger partial charge on any atom is -0.305 e. The summed E-state index contributed by atoms with van der Waals surface area (Å²) in [6.07, 6.45) is -2.41. The summed E-state index contributed by atoms with van der Waals surface area (Å²) in [7, 11) is 1.98. The molecule has 1 aliphatic heterocycles. The van der Waals surface area contributed by atoms with Crippen LogP contribution in [0.5, 0.6) is 0 Å². The van der Waals surface area contributed by atoms with E-state index >= 15 is 0 Å². The molecule has 2 rings (SSSR count). The first-order valence-corrected chi connectivity index (χ1v) is 7.36. The van der Waals surface area contributed by atoms with Crippen molar-refractivity contribution >= 4 is 0 Å². The third-order valence-electron chi connectivity index (χ3n) is 3.96. The number of aryl methyl sites for hydroxylation is 1. The maximum absolute atomic E-state index is 12.3. The van der Waals surface area contributed by atoms with Gasteiger partial charge in [0.2, 0.25) is 0 Å². The van der Waals surface area contributed by atoms with Crippen molar-refractivity contribution in [2.75, 3.05) is 26.7 Å². The molecule has 1 fully saturated rings. The number of nitrogens with one attached hydrogen (secondary N) is 1. The van der Waals surface area contributed by atoms with Crippen LogP contribution in [0, 0.1) is 12.8 Å². The number of benzene rings is 1. The van der Waals surface area contributed by atoms with Gasteiger partial charge in [0.05, 0.1) is 6.54 Å². The Labute approximate surface area is 124 Å². The molecule has 2 atom stereocenters. The Balaban J connectivity index is 1.89. The SMILES string of the molecule is Cc1ccc(CC2CC(NCC(F)(F)F)CN(C)C2)cc1. The average Bonchev–Trinajstić information content (AvgIpc) is 2.38. The summed E-state index contributed by atoms with van der Waals surface area (Å²) in [4.78, 5) is 2.12. The van der Waals surface area contributed by atoms with E-state index in [4.69, 9.17) is 0 Å². The van der Waals surface area contributed by atoms with E-state index in [1.54, 1.807) is 0 Å². The van der Waals surface area contributed by atoms with Gasteiger partial charge >= 0.3 is 6.18 Å². The molecular weight excluding hydrogens is 277 g/mol. The molecule has 2 nitrogen and oxygen atoms in total. The molecule has 0 aliphatic carbocycles. The molecule has 2 unspecified atom stereocenters. The Hall–Kier alpha value is -1.07. The summed E-state index contributed by atoms with van der Waals surface area (Å²) in [6, 6.07) is 8.31. The second-order valence-corrected chi connectivity index (χ2v) is 6.21. The summed E-state index contributed by atoms with van der Waals surface area (Å²) >= 11 is 0. The van der Waals surface area contributed by atoms with Gasteiger partial charge in [-0.3, -0.25) is 0 Å². The van der Waals surface area contributed by atoms with Gasteiger partial charge in [0, 0.05) is 19.1 Å². The van der Waals surface area contributed by atoms with Crippen LogP contribution in [0.3, 0.4) is 0 Å². The minimum atomic E-state index is -4.14. The highest BCUT2D eigenvalue weighted by Crippen LogP contribution is 2.22. The second kappa shape index (κ2) is 6.79. The van der Waals surface area contributed by atoms with Gasteiger partial charge < -0.3 is 10.2 Å². The summed E-state index contributed by atoms with van der Waals surface area (Å²) in [5.74, 6) is 0.400. The van der Waals surface area contributed by atoms with Crippen LogP contribution in [-0.2, 0) is 6.42 Å². The van der Waals surface area contributed by atoms with Gasteiger partial charge in [0.25, 0.3) is 0 Å². The number of nitrogens with zero attached hydrogens (tertiary/aromatic N) is 1. The highest BCUT2D eigenvalue weighted by Gasteiger charge is 2.31. The van der Waals surface area contributed by atoms with E-state index in [9.17, 15) is 13.2 Å². The van der Waals surface area contributed by atoms with Crippen LogP contribution >= 0.6 is 0 Å². The normalized spacial score (nSPS) is 24.2. The van der Waals surface area contributed by atoms with Gasteiger partial charge in [0.15, 0.2) is 0 Å². The van der Waals surface area contributed by atoms with E-state index in [0.717, 1.165) is 19.4 Å². The highest BCUT2D eigenvalue weighted by atomic mass is 19.4. The predicted molar refractivity (Wildman–Crippen MR) is 78.3 cm³/mol. The maximum atomic E-state index is 12.3. The van der Waals surface area contributed by atoms with Crippen LogP contribution in [0.15, 0.2) is 24.3 Å². The van der Waals surface area contributed by atoms with Crippen molar-refractivity contribution in [3.05, 3.63) is 35.4 Å². The van der Waals surface area contributed by atoms with Crippen LogP contribution < -0.4 is 5.32 Å². The van der Waals surface area contributed by atoms with Crippen molar-refractivity contribution in [1.82, 2.24) is 10.2 Å². The number of alkyl halides is 3. The van der Waals surface area contributed by atoms with E-state index in [-0.39, 0.29) is 6.04 Å². The van der Waals surface area contributed by atoms with Crippen molar-refractivity contribution in [3.8, 4) is 0 Å². The molecule has 1 aliphatic rings. The largest absolute Gasteiger partial charge is 0.401 e. The standard InChI is InChI=1S/C16H23F3N2/c1-12-3-5-13(6-4-12)7-14-8-15(10-21(2)9-14)20-11-16(17,18)19/h3-6,14-15,20H,7-11H2,1-2H3. The zero-order valence-corrected chi connectivity index (χ0v) is 12.6. The molecule has 0 saturated carbocycles. The fourth-order valence-corrected chi connectivity index (χ4v) is 3.06. The van der Waals surface area contributed by atoms with Crippen molar-refractivity contribution in [1.29, 1.82) is 0 Å². The molecule has 1 N–H and O–H groups in total. The first-order chi connectivity index (χ1) is 9.82. The lowest BCUT2D eigenvalue weighted by Gasteiger charge is -2.36. The summed E-state index contributed by atoms with van der Waals surface area (Å²) in [6.45, 7) is 2.77. The number of halogens is 3. The Morgan fingerprint density at radius 1 is 1.19 bits per heavy atom. The van der Waals surface area contributed by atoms with E-state index < -0.39 is 12.7 Å².